The molecule has 0 radical (unpaired) electrons. The number of rotatable bonds is 7. The Bertz CT molecular complexity index is 548. The van der Waals surface area contributed by atoms with Gasteiger partial charge in [0.15, 0.2) is 5.96 Å². The molecule has 1 aliphatic rings. The van der Waals surface area contributed by atoms with Crippen molar-refractivity contribution in [2.75, 3.05) is 32.9 Å². The van der Waals surface area contributed by atoms with Crippen molar-refractivity contribution in [3.8, 4) is 0 Å². The van der Waals surface area contributed by atoms with Crippen molar-refractivity contribution in [3.05, 3.63) is 30.3 Å². The number of amides is 1. The Morgan fingerprint density at radius 3 is 2.54 bits per heavy atom. The van der Waals surface area contributed by atoms with E-state index in [1.165, 1.54) is 37.0 Å². The molecule has 2 N–H and O–H groups in total. The molecule has 1 saturated carbocycles. The maximum atomic E-state index is 11.8. The van der Waals surface area contributed by atoms with Crippen LogP contribution in [-0.4, -0.2) is 55.7 Å². The SMILES string of the molecule is CN(C)C(=O)CN=C(NCCSc1ccccc1)NC1CCCCC1.I. The van der Waals surface area contributed by atoms with Crippen molar-refractivity contribution < 1.29 is 4.79 Å². The first kappa shape index (κ1) is 23.1. The summed E-state index contributed by atoms with van der Waals surface area (Å²) >= 11 is 1.82. The van der Waals surface area contributed by atoms with Crippen LogP contribution in [0.4, 0.5) is 0 Å². The van der Waals surface area contributed by atoms with Crippen LogP contribution in [-0.2, 0) is 4.79 Å². The van der Waals surface area contributed by atoms with Crippen LogP contribution in [0.3, 0.4) is 0 Å². The largest absolute Gasteiger partial charge is 0.356 e. The number of hydrogen-bond acceptors (Lipinski definition) is 3. The zero-order valence-electron chi connectivity index (χ0n) is 15.7. The van der Waals surface area contributed by atoms with Gasteiger partial charge in [-0.15, -0.1) is 35.7 Å². The normalized spacial score (nSPS) is 15.1. The zero-order valence-corrected chi connectivity index (χ0v) is 18.9. The van der Waals surface area contributed by atoms with E-state index in [0.717, 1.165) is 18.3 Å². The molecule has 0 aromatic heterocycles. The molecule has 1 aliphatic carbocycles. The molecule has 1 fully saturated rings. The number of guanidine groups is 1. The minimum atomic E-state index is 0. The van der Waals surface area contributed by atoms with Gasteiger partial charge in [0.25, 0.3) is 0 Å². The summed E-state index contributed by atoms with van der Waals surface area (Å²) in [6.07, 6.45) is 6.23. The van der Waals surface area contributed by atoms with Crippen molar-refractivity contribution in [2.45, 2.75) is 43.0 Å². The van der Waals surface area contributed by atoms with Crippen molar-refractivity contribution in [1.82, 2.24) is 15.5 Å². The second-order valence-electron chi connectivity index (χ2n) is 6.52. The molecule has 0 saturated heterocycles. The van der Waals surface area contributed by atoms with E-state index in [1.807, 2.05) is 17.8 Å². The standard InChI is InChI=1S/C19H30N4OS.HI/c1-23(2)18(24)15-21-19(22-16-9-5-3-6-10-16)20-13-14-25-17-11-7-4-8-12-17;/h4,7-8,11-12,16H,3,5-6,9-10,13-15H2,1-2H3,(H2,20,21,22);1H. The smallest absolute Gasteiger partial charge is 0.243 e. The van der Waals surface area contributed by atoms with Crippen molar-refractivity contribution in [1.29, 1.82) is 0 Å². The first-order valence-corrected chi connectivity index (χ1v) is 10.1. The third kappa shape index (κ3) is 9.12. The Hall–Kier alpha value is -0.960. The maximum Gasteiger partial charge on any atom is 0.243 e. The molecule has 0 atom stereocenters. The Morgan fingerprint density at radius 1 is 1.19 bits per heavy atom. The third-order valence-corrected chi connectivity index (χ3v) is 5.24. The molecule has 0 unspecified atom stereocenters. The number of likely N-dealkylation sites (N-methyl/N-ethyl adjacent to an activating group) is 1. The van der Waals surface area contributed by atoms with Gasteiger partial charge in [0.1, 0.15) is 6.54 Å². The predicted molar refractivity (Wildman–Crippen MR) is 122 cm³/mol. The van der Waals surface area contributed by atoms with Crippen LogP contribution in [0, 0.1) is 0 Å². The Morgan fingerprint density at radius 2 is 1.88 bits per heavy atom. The lowest BCUT2D eigenvalue weighted by atomic mass is 9.96. The molecular weight excluding hydrogens is 459 g/mol. The van der Waals surface area contributed by atoms with E-state index < -0.39 is 0 Å². The summed E-state index contributed by atoms with van der Waals surface area (Å²) in [6, 6.07) is 10.9. The van der Waals surface area contributed by atoms with E-state index in [0.29, 0.717) is 6.04 Å². The molecule has 0 bridgehead atoms. The van der Waals surface area contributed by atoms with Gasteiger partial charge >= 0.3 is 0 Å². The molecule has 146 valence electrons. The van der Waals surface area contributed by atoms with Gasteiger partial charge in [-0.1, -0.05) is 37.5 Å². The third-order valence-electron chi connectivity index (χ3n) is 4.22. The summed E-state index contributed by atoms with van der Waals surface area (Å²) in [4.78, 5) is 19.1. The average molecular weight is 490 g/mol. The first-order valence-electron chi connectivity index (χ1n) is 9.08. The topological polar surface area (TPSA) is 56.7 Å². The lowest BCUT2D eigenvalue weighted by Gasteiger charge is -2.25. The summed E-state index contributed by atoms with van der Waals surface area (Å²) < 4.78 is 0. The number of aliphatic imine (C=N–C) groups is 1. The molecule has 0 spiro atoms. The summed E-state index contributed by atoms with van der Waals surface area (Å²) in [5, 5.41) is 6.89. The van der Waals surface area contributed by atoms with Gasteiger partial charge in [0.05, 0.1) is 0 Å². The molecule has 1 amide bonds. The summed E-state index contributed by atoms with van der Waals surface area (Å²) in [6.45, 7) is 0.995. The molecule has 7 heteroatoms. The second kappa shape index (κ2) is 13.2. The van der Waals surface area contributed by atoms with Crippen molar-refractivity contribution in [2.24, 2.45) is 4.99 Å². The highest BCUT2D eigenvalue weighted by Gasteiger charge is 2.15. The van der Waals surface area contributed by atoms with Crippen molar-refractivity contribution in [3.63, 3.8) is 0 Å². The van der Waals surface area contributed by atoms with Crippen LogP contribution in [0.15, 0.2) is 40.2 Å². The van der Waals surface area contributed by atoms with Crippen LogP contribution in [0.1, 0.15) is 32.1 Å². The van der Waals surface area contributed by atoms with Crippen LogP contribution in [0.5, 0.6) is 0 Å². The van der Waals surface area contributed by atoms with E-state index in [-0.39, 0.29) is 36.4 Å². The first-order chi connectivity index (χ1) is 12.1. The van der Waals surface area contributed by atoms with Crippen molar-refractivity contribution >= 4 is 47.6 Å². The fraction of sp³-hybridized carbons (Fsp3) is 0.579. The van der Waals surface area contributed by atoms with E-state index in [2.05, 4.69) is 39.9 Å². The highest BCUT2D eigenvalue weighted by molar-refractivity contribution is 14.0. The van der Waals surface area contributed by atoms with E-state index in [9.17, 15) is 4.79 Å². The number of benzene rings is 1. The molecule has 26 heavy (non-hydrogen) atoms. The van der Waals surface area contributed by atoms with Crippen LogP contribution < -0.4 is 10.6 Å². The quantitative estimate of drug-likeness (QED) is 0.202. The average Bonchev–Trinajstić information content (AvgIpc) is 2.64. The highest BCUT2D eigenvalue weighted by Crippen LogP contribution is 2.17. The molecule has 0 aliphatic heterocycles. The van der Waals surface area contributed by atoms with Gasteiger partial charge in [-0.2, -0.15) is 0 Å². The number of carbonyl (C=O) groups is 1. The van der Waals surface area contributed by atoms with E-state index in [4.69, 9.17) is 0 Å². The highest BCUT2D eigenvalue weighted by atomic mass is 127. The predicted octanol–water partition coefficient (Wildman–Crippen LogP) is 3.35. The summed E-state index contributed by atoms with van der Waals surface area (Å²) in [5.74, 6) is 1.73. The van der Waals surface area contributed by atoms with Crippen LogP contribution in [0.2, 0.25) is 0 Å². The lowest BCUT2D eigenvalue weighted by molar-refractivity contribution is -0.127. The Kier molecular flexibility index (Phi) is 11.8. The van der Waals surface area contributed by atoms with E-state index in [1.54, 1.807) is 19.0 Å². The van der Waals surface area contributed by atoms with Gasteiger partial charge in [-0.05, 0) is 25.0 Å². The second-order valence-corrected chi connectivity index (χ2v) is 7.69. The van der Waals surface area contributed by atoms with Gasteiger partial charge in [-0.3, -0.25) is 4.79 Å². The molecule has 1 aromatic carbocycles. The fourth-order valence-electron chi connectivity index (χ4n) is 2.74. The van der Waals surface area contributed by atoms with Crippen LogP contribution in [0.25, 0.3) is 0 Å². The number of nitrogens with zero attached hydrogens (tertiary/aromatic N) is 2. The lowest BCUT2D eigenvalue weighted by Crippen LogP contribution is -2.45. The number of thioether (sulfide) groups is 1. The molecule has 1 aromatic rings. The number of hydrogen-bond donors (Lipinski definition) is 2. The van der Waals surface area contributed by atoms with E-state index >= 15 is 0 Å². The minimum Gasteiger partial charge on any atom is -0.356 e. The molecule has 2 rings (SSSR count). The minimum absolute atomic E-state index is 0. The molecule has 0 heterocycles. The zero-order chi connectivity index (χ0) is 17.9. The fourth-order valence-corrected chi connectivity index (χ4v) is 3.53. The number of nitrogens with one attached hydrogen (secondary N) is 2. The Labute approximate surface area is 178 Å². The van der Waals surface area contributed by atoms with Gasteiger partial charge in [0, 0.05) is 37.3 Å². The molecule has 5 nitrogen and oxygen atoms in total. The van der Waals surface area contributed by atoms with Gasteiger partial charge in [-0.25, -0.2) is 4.99 Å². The number of carbonyl (C=O) groups excluding carboxylic acids is 1. The number of halogens is 1. The monoisotopic (exact) mass is 490 g/mol. The molecular formula is C19H31IN4OS. The summed E-state index contributed by atoms with van der Waals surface area (Å²) in [5.41, 5.74) is 0. The summed E-state index contributed by atoms with van der Waals surface area (Å²) in [7, 11) is 3.52. The maximum absolute atomic E-state index is 11.8. The van der Waals surface area contributed by atoms with Gasteiger partial charge in [0.2, 0.25) is 5.91 Å². The van der Waals surface area contributed by atoms with Gasteiger partial charge < -0.3 is 15.5 Å². The Balaban J connectivity index is 0.00000338. The van der Waals surface area contributed by atoms with Crippen LogP contribution >= 0.6 is 35.7 Å².